The van der Waals surface area contributed by atoms with Crippen LogP contribution in [0.25, 0.3) is 0 Å². The standard InChI is InChI=1S/C16H25N3O2/c1-2-7-19-16(20)10-13-11-18(8-6-15(13)17-19)12-14-5-3-4-9-21-14/h10,14H,2-9,11-12H2,1H3/t14-/m1/s1. The summed E-state index contributed by atoms with van der Waals surface area (Å²) in [5.74, 6) is 0. The summed E-state index contributed by atoms with van der Waals surface area (Å²) in [5, 5.41) is 4.53. The molecular formula is C16H25N3O2. The topological polar surface area (TPSA) is 47.4 Å². The molecule has 0 aromatic carbocycles. The molecule has 0 saturated carbocycles. The van der Waals surface area contributed by atoms with E-state index in [0.29, 0.717) is 12.6 Å². The van der Waals surface area contributed by atoms with Crippen LogP contribution in [0.3, 0.4) is 0 Å². The van der Waals surface area contributed by atoms with Crippen LogP contribution in [0.15, 0.2) is 10.9 Å². The van der Waals surface area contributed by atoms with Crippen LogP contribution >= 0.6 is 0 Å². The summed E-state index contributed by atoms with van der Waals surface area (Å²) < 4.78 is 7.43. The first-order valence-corrected chi connectivity index (χ1v) is 8.20. The normalized spacial score (nSPS) is 23.0. The van der Waals surface area contributed by atoms with Crippen molar-refractivity contribution in [1.29, 1.82) is 0 Å². The lowest BCUT2D eigenvalue weighted by Crippen LogP contribution is -2.40. The average Bonchev–Trinajstić information content (AvgIpc) is 2.49. The molecule has 1 aromatic heterocycles. The zero-order valence-electron chi connectivity index (χ0n) is 12.9. The number of aromatic nitrogens is 2. The second-order valence-electron chi connectivity index (χ2n) is 6.15. The minimum atomic E-state index is 0.0337. The molecule has 0 unspecified atom stereocenters. The van der Waals surface area contributed by atoms with E-state index in [1.807, 2.05) is 0 Å². The second kappa shape index (κ2) is 6.71. The third-order valence-corrected chi connectivity index (χ3v) is 4.39. The maximum Gasteiger partial charge on any atom is 0.267 e. The smallest absolute Gasteiger partial charge is 0.267 e. The van der Waals surface area contributed by atoms with Gasteiger partial charge in [0.2, 0.25) is 0 Å². The Bertz CT molecular complexity index is 535. The van der Waals surface area contributed by atoms with E-state index in [9.17, 15) is 4.79 Å². The molecule has 0 aliphatic carbocycles. The van der Waals surface area contributed by atoms with Gasteiger partial charge in [-0.15, -0.1) is 0 Å². The van der Waals surface area contributed by atoms with Gasteiger partial charge in [0.15, 0.2) is 0 Å². The lowest BCUT2D eigenvalue weighted by Gasteiger charge is -2.32. The van der Waals surface area contributed by atoms with Crippen molar-refractivity contribution in [3.05, 3.63) is 27.7 Å². The van der Waals surface area contributed by atoms with Crippen LogP contribution in [0.1, 0.15) is 43.9 Å². The molecule has 1 aromatic rings. The number of rotatable bonds is 4. The molecular weight excluding hydrogens is 266 g/mol. The summed E-state index contributed by atoms with van der Waals surface area (Å²) >= 11 is 0. The molecule has 1 fully saturated rings. The van der Waals surface area contributed by atoms with Gasteiger partial charge >= 0.3 is 0 Å². The highest BCUT2D eigenvalue weighted by Gasteiger charge is 2.23. The Kier molecular flexibility index (Phi) is 4.70. The molecule has 0 spiro atoms. The van der Waals surface area contributed by atoms with Crippen molar-refractivity contribution in [3.8, 4) is 0 Å². The van der Waals surface area contributed by atoms with Gasteiger partial charge in [0, 0.05) is 45.3 Å². The zero-order chi connectivity index (χ0) is 14.7. The van der Waals surface area contributed by atoms with Crippen LogP contribution in [-0.2, 0) is 24.2 Å². The Balaban J connectivity index is 1.67. The summed E-state index contributed by atoms with van der Waals surface area (Å²) in [7, 11) is 0. The molecule has 0 N–H and O–H groups in total. The monoisotopic (exact) mass is 291 g/mol. The van der Waals surface area contributed by atoms with Crippen molar-refractivity contribution >= 4 is 0 Å². The summed E-state index contributed by atoms with van der Waals surface area (Å²) in [6, 6.07) is 1.78. The van der Waals surface area contributed by atoms with Crippen molar-refractivity contribution in [2.75, 3.05) is 19.7 Å². The van der Waals surface area contributed by atoms with Gasteiger partial charge < -0.3 is 4.74 Å². The van der Waals surface area contributed by atoms with Crippen molar-refractivity contribution in [2.24, 2.45) is 0 Å². The zero-order valence-corrected chi connectivity index (χ0v) is 12.9. The third-order valence-electron chi connectivity index (χ3n) is 4.39. The molecule has 3 rings (SSSR count). The minimum Gasteiger partial charge on any atom is -0.377 e. The Morgan fingerprint density at radius 2 is 2.33 bits per heavy atom. The molecule has 2 aliphatic rings. The SMILES string of the molecule is CCCn1nc2c(cc1=O)CN(C[C@H]1CCCCO1)CC2. The Hall–Kier alpha value is -1.20. The van der Waals surface area contributed by atoms with Crippen molar-refractivity contribution < 1.29 is 4.74 Å². The molecule has 2 aliphatic heterocycles. The molecule has 21 heavy (non-hydrogen) atoms. The first-order valence-electron chi connectivity index (χ1n) is 8.20. The van der Waals surface area contributed by atoms with Crippen LogP contribution < -0.4 is 5.56 Å². The maximum atomic E-state index is 12.0. The van der Waals surface area contributed by atoms with Crippen molar-refractivity contribution in [2.45, 2.75) is 58.2 Å². The molecule has 116 valence electrons. The van der Waals surface area contributed by atoms with Crippen molar-refractivity contribution in [3.63, 3.8) is 0 Å². The fraction of sp³-hybridized carbons (Fsp3) is 0.750. The fourth-order valence-corrected chi connectivity index (χ4v) is 3.26. The highest BCUT2D eigenvalue weighted by Crippen LogP contribution is 2.19. The van der Waals surface area contributed by atoms with Gasteiger partial charge in [-0.1, -0.05) is 6.92 Å². The van der Waals surface area contributed by atoms with Gasteiger partial charge in [0.05, 0.1) is 11.8 Å². The van der Waals surface area contributed by atoms with Crippen LogP contribution in [-0.4, -0.2) is 40.5 Å². The minimum absolute atomic E-state index is 0.0337. The predicted octanol–water partition coefficient (Wildman–Crippen LogP) is 1.58. The van der Waals surface area contributed by atoms with E-state index in [1.165, 1.54) is 19.3 Å². The van der Waals surface area contributed by atoms with Crippen LogP contribution in [0, 0.1) is 0 Å². The summed E-state index contributed by atoms with van der Waals surface area (Å²) in [6.45, 7) is 6.52. The lowest BCUT2D eigenvalue weighted by molar-refractivity contribution is -0.00819. The Labute approximate surface area is 125 Å². The van der Waals surface area contributed by atoms with E-state index in [1.54, 1.807) is 10.7 Å². The number of aryl methyl sites for hydroxylation is 1. The predicted molar refractivity (Wildman–Crippen MR) is 81.4 cm³/mol. The van der Waals surface area contributed by atoms with Gasteiger partial charge in [0.25, 0.3) is 5.56 Å². The first kappa shape index (κ1) is 14.7. The Morgan fingerprint density at radius 1 is 1.43 bits per heavy atom. The number of hydrogen-bond donors (Lipinski definition) is 0. The number of hydrogen-bond acceptors (Lipinski definition) is 4. The molecule has 1 atom stereocenters. The van der Waals surface area contributed by atoms with Gasteiger partial charge in [-0.2, -0.15) is 5.10 Å². The number of nitrogens with zero attached hydrogens (tertiary/aromatic N) is 3. The van der Waals surface area contributed by atoms with E-state index in [2.05, 4.69) is 16.9 Å². The van der Waals surface area contributed by atoms with Crippen LogP contribution in [0.4, 0.5) is 0 Å². The summed E-state index contributed by atoms with van der Waals surface area (Å²) in [4.78, 5) is 14.4. The van der Waals surface area contributed by atoms with Crippen molar-refractivity contribution in [1.82, 2.24) is 14.7 Å². The number of ether oxygens (including phenoxy) is 1. The Morgan fingerprint density at radius 3 is 3.10 bits per heavy atom. The van der Waals surface area contributed by atoms with Gasteiger partial charge in [-0.05, 0) is 31.2 Å². The van der Waals surface area contributed by atoms with E-state index in [-0.39, 0.29) is 5.56 Å². The number of fused-ring (bicyclic) bond motifs is 1. The quantitative estimate of drug-likeness (QED) is 0.845. The molecule has 5 heteroatoms. The fourth-order valence-electron chi connectivity index (χ4n) is 3.26. The third kappa shape index (κ3) is 3.52. The highest BCUT2D eigenvalue weighted by atomic mass is 16.5. The highest BCUT2D eigenvalue weighted by molar-refractivity contribution is 5.20. The largest absolute Gasteiger partial charge is 0.377 e. The van der Waals surface area contributed by atoms with E-state index < -0.39 is 0 Å². The summed E-state index contributed by atoms with van der Waals surface area (Å²) in [6.07, 6.45) is 5.88. The molecule has 1 saturated heterocycles. The molecule has 0 bridgehead atoms. The first-order chi connectivity index (χ1) is 10.3. The van der Waals surface area contributed by atoms with Gasteiger partial charge in [-0.3, -0.25) is 9.69 Å². The van der Waals surface area contributed by atoms with Crippen LogP contribution in [0.2, 0.25) is 0 Å². The second-order valence-corrected chi connectivity index (χ2v) is 6.15. The maximum absolute atomic E-state index is 12.0. The lowest BCUT2D eigenvalue weighted by atomic mass is 10.0. The summed E-state index contributed by atoms with van der Waals surface area (Å²) in [5.41, 5.74) is 2.24. The molecule has 5 nitrogen and oxygen atoms in total. The van der Waals surface area contributed by atoms with Crippen LogP contribution in [0.5, 0.6) is 0 Å². The van der Waals surface area contributed by atoms with E-state index >= 15 is 0 Å². The molecule has 0 amide bonds. The van der Waals surface area contributed by atoms with E-state index in [4.69, 9.17) is 4.74 Å². The van der Waals surface area contributed by atoms with Gasteiger partial charge in [0.1, 0.15) is 0 Å². The molecule has 3 heterocycles. The molecule has 0 radical (unpaired) electrons. The van der Waals surface area contributed by atoms with Gasteiger partial charge in [-0.25, -0.2) is 4.68 Å². The van der Waals surface area contributed by atoms with E-state index in [0.717, 1.165) is 50.3 Å². The average molecular weight is 291 g/mol.